The van der Waals surface area contributed by atoms with E-state index in [9.17, 15) is 0 Å². The van der Waals surface area contributed by atoms with Gasteiger partial charge in [0.15, 0.2) is 0 Å². The van der Waals surface area contributed by atoms with Crippen LogP contribution in [-0.2, 0) is 0 Å². The maximum Gasteiger partial charge on any atom is 0.0581 e. The number of anilines is 1. The molecule has 2 aromatic rings. The van der Waals surface area contributed by atoms with Gasteiger partial charge in [-0.05, 0) is 49.4 Å². The zero-order chi connectivity index (χ0) is 11.5. The van der Waals surface area contributed by atoms with Gasteiger partial charge in [0.2, 0.25) is 0 Å². The van der Waals surface area contributed by atoms with Gasteiger partial charge in [-0.1, -0.05) is 0 Å². The molecule has 0 aliphatic carbocycles. The largest absolute Gasteiger partial charge is 0.376 e. The van der Waals surface area contributed by atoms with Crippen LogP contribution in [0.1, 0.15) is 29.0 Å². The van der Waals surface area contributed by atoms with Crippen molar-refractivity contribution in [3.63, 3.8) is 0 Å². The van der Waals surface area contributed by atoms with Crippen LogP contribution >= 0.6 is 11.3 Å². The molecule has 16 heavy (non-hydrogen) atoms. The second-order valence-electron chi connectivity index (χ2n) is 4.02. The molecular formula is C13H16N2S. The van der Waals surface area contributed by atoms with Gasteiger partial charge in [-0.2, -0.15) is 0 Å². The van der Waals surface area contributed by atoms with Crippen molar-refractivity contribution in [2.24, 2.45) is 0 Å². The van der Waals surface area contributed by atoms with E-state index in [1.54, 1.807) is 11.3 Å². The summed E-state index contributed by atoms with van der Waals surface area (Å²) in [7, 11) is 0. The van der Waals surface area contributed by atoms with Crippen LogP contribution in [0.4, 0.5) is 5.69 Å². The summed E-state index contributed by atoms with van der Waals surface area (Å²) in [5, 5.41) is 5.64. The van der Waals surface area contributed by atoms with Crippen molar-refractivity contribution in [2.75, 3.05) is 5.32 Å². The third kappa shape index (κ3) is 2.25. The Bertz CT molecular complexity index is 476. The van der Waals surface area contributed by atoms with Crippen molar-refractivity contribution in [1.82, 2.24) is 4.98 Å². The van der Waals surface area contributed by atoms with E-state index in [0.717, 1.165) is 5.69 Å². The standard InChI is InChI=1S/C13H16N2S/c1-9-4-6-14-8-12(9)15-11(3)13-10(2)5-7-16-13/h4-8,11,15H,1-3H3. The van der Waals surface area contributed by atoms with Crippen molar-refractivity contribution in [3.8, 4) is 0 Å². The molecule has 0 radical (unpaired) electrons. The number of nitrogens with one attached hydrogen (secondary N) is 1. The highest BCUT2D eigenvalue weighted by Gasteiger charge is 2.10. The first-order valence-corrected chi connectivity index (χ1v) is 6.27. The van der Waals surface area contributed by atoms with E-state index in [1.165, 1.54) is 16.0 Å². The number of aromatic nitrogens is 1. The van der Waals surface area contributed by atoms with Crippen molar-refractivity contribution in [1.29, 1.82) is 0 Å². The number of nitrogens with zero attached hydrogens (tertiary/aromatic N) is 1. The lowest BCUT2D eigenvalue weighted by Crippen LogP contribution is -2.07. The quantitative estimate of drug-likeness (QED) is 0.867. The van der Waals surface area contributed by atoms with Crippen LogP contribution in [-0.4, -0.2) is 4.98 Å². The van der Waals surface area contributed by atoms with Crippen LogP contribution in [0.3, 0.4) is 0 Å². The van der Waals surface area contributed by atoms with Crippen molar-refractivity contribution >= 4 is 17.0 Å². The molecular weight excluding hydrogens is 216 g/mol. The van der Waals surface area contributed by atoms with Crippen LogP contribution in [0, 0.1) is 13.8 Å². The number of aryl methyl sites for hydroxylation is 2. The summed E-state index contributed by atoms with van der Waals surface area (Å²) in [6, 6.07) is 4.52. The van der Waals surface area contributed by atoms with E-state index >= 15 is 0 Å². The van der Waals surface area contributed by atoms with Gasteiger partial charge in [-0.15, -0.1) is 11.3 Å². The van der Waals surface area contributed by atoms with Gasteiger partial charge in [-0.25, -0.2) is 0 Å². The highest BCUT2D eigenvalue weighted by atomic mass is 32.1. The third-order valence-corrected chi connectivity index (χ3v) is 3.91. The van der Waals surface area contributed by atoms with E-state index in [-0.39, 0.29) is 0 Å². The summed E-state index contributed by atoms with van der Waals surface area (Å²) in [5.41, 5.74) is 3.70. The Morgan fingerprint density at radius 1 is 1.25 bits per heavy atom. The fourth-order valence-corrected chi connectivity index (χ4v) is 2.68. The van der Waals surface area contributed by atoms with E-state index in [1.807, 2.05) is 18.5 Å². The highest BCUT2D eigenvalue weighted by Crippen LogP contribution is 2.27. The molecule has 0 spiro atoms. The summed E-state index contributed by atoms with van der Waals surface area (Å²) in [6.07, 6.45) is 3.70. The lowest BCUT2D eigenvalue weighted by molar-refractivity contribution is 0.894. The molecule has 0 aromatic carbocycles. The van der Waals surface area contributed by atoms with Gasteiger partial charge < -0.3 is 5.32 Å². The van der Waals surface area contributed by atoms with Crippen LogP contribution in [0.5, 0.6) is 0 Å². The van der Waals surface area contributed by atoms with Gasteiger partial charge in [0.05, 0.1) is 17.9 Å². The summed E-state index contributed by atoms with van der Waals surface area (Å²) >= 11 is 1.80. The van der Waals surface area contributed by atoms with Gasteiger partial charge in [0.1, 0.15) is 0 Å². The fourth-order valence-electron chi connectivity index (χ4n) is 1.74. The van der Waals surface area contributed by atoms with Gasteiger partial charge in [0, 0.05) is 11.1 Å². The summed E-state index contributed by atoms with van der Waals surface area (Å²) in [5.74, 6) is 0. The Balaban J connectivity index is 2.17. The molecule has 2 heterocycles. The average Bonchev–Trinajstić information content (AvgIpc) is 2.68. The fraction of sp³-hybridized carbons (Fsp3) is 0.308. The molecule has 0 aliphatic heterocycles. The average molecular weight is 232 g/mol. The lowest BCUT2D eigenvalue weighted by atomic mass is 10.1. The van der Waals surface area contributed by atoms with Gasteiger partial charge >= 0.3 is 0 Å². The van der Waals surface area contributed by atoms with E-state index < -0.39 is 0 Å². The predicted octanol–water partition coefficient (Wildman–Crippen LogP) is 3.93. The molecule has 1 N–H and O–H groups in total. The molecule has 1 atom stereocenters. The SMILES string of the molecule is Cc1ccncc1NC(C)c1sccc1C. The molecule has 0 aliphatic rings. The van der Waals surface area contributed by atoms with Crippen molar-refractivity contribution < 1.29 is 0 Å². The van der Waals surface area contributed by atoms with Crippen molar-refractivity contribution in [3.05, 3.63) is 45.9 Å². The number of hydrogen-bond acceptors (Lipinski definition) is 3. The zero-order valence-corrected chi connectivity index (χ0v) is 10.6. The topological polar surface area (TPSA) is 24.9 Å². The Morgan fingerprint density at radius 2 is 2.06 bits per heavy atom. The molecule has 0 fully saturated rings. The van der Waals surface area contributed by atoms with Gasteiger partial charge in [0.25, 0.3) is 0 Å². The molecule has 2 aromatic heterocycles. The molecule has 0 bridgehead atoms. The summed E-state index contributed by atoms with van der Waals surface area (Å²) < 4.78 is 0. The first-order chi connectivity index (χ1) is 7.68. The monoisotopic (exact) mass is 232 g/mol. The first-order valence-electron chi connectivity index (χ1n) is 5.39. The Labute approximate surface area is 100 Å². The van der Waals surface area contributed by atoms with Crippen LogP contribution < -0.4 is 5.32 Å². The Kier molecular flexibility index (Phi) is 3.25. The van der Waals surface area contributed by atoms with Crippen molar-refractivity contribution in [2.45, 2.75) is 26.8 Å². The number of pyridine rings is 1. The predicted molar refractivity (Wildman–Crippen MR) is 70.1 cm³/mol. The number of rotatable bonds is 3. The molecule has 0 saturated carbocycles. The number of hydrogen-bond donors (Lipinski definition) is 1. The minimum Gasteiger partial charge on any atom is -0.376 e. The van der Waals surface area contributed by atoms with E-state index in [2.05, 4.69) is 42.5 Å². The first kappa shape index (κ1) is 11.1. The molecule has 84 valence electrons. The highest BCUT2D eigenvalue weighted by molar-refractivity contribution is 7.10. The molecule has 2 nitrogen and oxygen atoms in total. The maximum absolute atomic E-state index is 4.14. The molecule has 0 saturated heterocycles. The summed E-state index contributed by atoms with van der Waals surface area (Å²) in [4.78, 5) is 5.54. The lowest BCUT2D eigenvalue weighted by Gasteiger charge is -2.16. The molecule has 1 unspecified atom stereocenters. The number of thiophene rings is 1. The minimum absolute atomic E-state index is 0.336. The second kappa shape index (κ2) is 4.66. The van der Waals surface area contributed by atoms with Crippen LogP contribution in [0.15, 0.2) is 29.9 Å². The Hall–Kier alpha value is -1.35. The zero-order valence-electron chi connectivity index (χ0n) is 9.82. The maximum atomic E-state index is 4.14. The molecule has 0 amide bonds. The smallest absolute Gasteiger partial charge is 0.0581 e. The third-order valence-electron chi connectivity index (χ3n) is 2.71. The minimum atomic E-state index is 0.336. The van der Waals surface area contributed by atoms with Gasteiger partial charge in [-0.3, -0.25) is 4.98 Å². The van der Waals surface area contributed by atoms with E-state index in [0.29, 0.717) is 6.04 Å². The van der Waals surface area contributed by atoms with E-state index in [4.69, 9.17) is 0 Å². The normalized spacial score (nSPS) is 12.4. The molecule has 3 heteroatoms. The molecule has 2 rings (SSSR count). The van der Waals surface area contributed by atoms with Crippen LogP contribution in [0.2, 0.25) is 0 Å². The summed E-state index contributed by atoms with van der Waals surface area (Å²) in [6.45, 7) is 6.43. The second-order valence-corrected chi connectivity index (χ2v) is 4.97. The Morgan fingerprint density at radius 3 is 2.69 bits per heavy atom. The van der Waals surface area contributed by atoms with Crippen LogP contribution in [0.25, 0.3) is 0 Å².